The van der Waals surface area contributed by atoms with Crippen LogP contribution in [-0.2, 0) is 11.3 Å². The number of rotatable bonds is 10. The number of hydrogen-bond acceptors (Lipinski definition) is 4. The molecule has 0 spiro atoms. The van der Waals surface area contributed by atoms with E-state index in [9.17, 15) is 8.78 Å². The van der Waals surface area contributed by atoms with E-state index in [0.29, 0.717) is 12.6 Å². The molecule has 0 saturated carbocycles. The highest BCUT2D eigenvalue weighted by atomic mass is 127. The lowest BCUT2D eigenvalue weighted by molar-refractivity contribution is -0.0498. The molecule has 29 heavy (non-hydrogen) atoms. The molecule has 9 heteroatoms. The van der Waals surface area contributed by atoms with Crippen LogP contribution in [-0.4, -0.2) is 75.4 Å². The van der Waals surface area contributed by atoms with E-state index in [0.717, 1.165) is 50.7 Å². The van der Waals surface area contributed by atoms with Crippen molar-refractivity contribution in [2.24, 2.45) is 4.99 Å². The number of aliphatic imine (C=N–C) groups is 1. The van der Waals surface area contributed by atoms with E-state index in [-0.39, 0.29) is 29.7 Å². The molecule has 1 aromatic rings. The van der Waals surface area contributed by atoms with Gasteiger partial charge in [-0.15, -0.1) is 24.0 Å². The first kappa shape index (κ1) is 25.8. The predicted molar refractivity (Wildman–Crippen MR) is 122 cm³/mol. The highest BCUT2D eigenvalue weighted by Crippen LogP contribution is 2.18. The average Bonchev–Trinajstić information content (AvgIpc) is 3.11. The molecule has 1 heterocycles. The normalized spacial score (nSPS) is 17.3. The molecule has 0 aliphatic carbocycles. The van der Waals surface area contributed by atoms with Gasteiger partial charge in [-0.2, -0.15) is 8.78 Å². The number of nitrogens with one attached hydrogen (secondary N) is 1. The molecule has 0 radical (unpaired) electrons. The number of nitrogens with zero attached hydrogens (tertiary/aromatic N) is 3. The van der Waals surface area contributed by atoms with Crippen molar-refractivity contribution in [2.45, 2.75) is 39.0 Å². The van der Waals surface area contributed by atoms with Crippen LogP contribution in [0.5, 0.6) is 5.75 Å². The molecule has 6 nitrogen and oxygen atoms in total. The molecule has 1 unspecified atom stereocenters. The Morgan fingerprint density at radius 2 is 2.07 bits per heavy atom. The summed E-state index contributed by atoms with van der Waals surface area (Å²) in [6, 6.07) is 7.16. The maximum Gasteiger partial charge on any atom is 0.387 e. The van der Waals surface area contributed by atoms with Gasteiger partial charge >= 0.3 is 6.61 Å². The summed E-state index contributed by atoms with van der Waals surface area (Å²) in [4.78, 5) is 9.32. The molecule has 1 atom stereocenters. The minimum Gasteiger partial charge on any atom is -0.435 e. The summed E-state index contributed by atoms with van der Waals surface area (Å²) >= 11 is 0. The second kappa shape index (κ2) is 13.9. The number of halogens is 3. The number of ether oxygens (including phenoxy) is 2. The lowest BCUT2D eigenvalue weighted by atomic mass is 10.2. The van der Waals surface area contributed by atoms with Gasteiger partial charge in [0.2, 0.25) is 0 Å². The third-order valence-electron chi connectivity index (χ3n) is 4.80. The summed E-state index contributed by atoms with van der Waals surface area (Å²) in [5, 5.41) is 3.33. The SMILES string of the molecule is CCNC(=NCC1CCCN1CCOC)N(C)Cc1ccc(OC(F)F)cc1.I. The van der Waals surface area contributed by atoms with Gasteiger partial charge in [0, 0.05) is 39.8 Å². The van der Waals surface area contributed by atoms with Crippen LogP contribution in [0.1, 0.15) is 25.3 Å². The Bertz CT molecular complexity index is 605. The first-order valence-corrected chi connectivity index (χ1v) is 9.79. The molecular formula is C20H33F2IN4O2. The summed E-state index contributed by atoms with van der Waals surface area (Å²) < 4.78 is 34.1. The summed E-state index contributed by atoms with van der Waals surface area (Å²) in [5.74, 6) is 1.01. The van der Waals surface area contributed by atoms with Gasteiger partial charge in [0.15, 0.2) is 5.96 Å². The van der Waals surface area contributed by atoms with Gasteiger partial charge in [-0.25, -0.2) is 0 Å². The van der Waals surface area contributed by atoms with Crippen LogP contribution in [0.4, 0.5) is 8.78 Å². The molecule has 1 saturated heterocycles. The van der Waals surface area contributed by atoms with Gasteiger partial charge < -0.3 is 19.7 Å². The van der Waals surface area contributed by atoms with Crippen LogP contribution in [0.25, 0.3) is 0 Å². The fourth-order valence-corrected chi connectivity index (χ4v) is 3.39. The Balaban J connectivity index is 0.00000420. The fourth-order valence-electron chi connectivity index (χ4n) is 3.39. The van der Waals surface area contributed by atoms with Gasteiger partial charge in [0.1, 0.15) is 5.75 Å². The van der Waals surface area contributed by atoms with Crippen molar-refractivity contribution in [2.75, 3.05) is 46.9 Å². The first-order chi connectivity index (χ1) is 13.5. The van der Waals surface area contributed by atoms with Crippen molar-refractivity contribution in [1.29, 1.82) is 0 Å². The van der Waals surface area contributed by atoms with Crippen molar-refractivity contribution < 1.29 is 18.3 Å². The van der Waals surface area contributed by atoms with Crippen LogP contribution in [0.3, 0.4) is 0 Å². The molecule has 2 rings (SSSR count). The number of alkyl halides is 2. The van der Waals surface area contributed by atoms with E-state index >= 15 is 0 Å². The second-order valence-corrected chi connectivity index (χ2v) is 6.90. The lowest BCUT2D eigenvalue weighted by Crippen LogP contribution is -2.40. The second-order valence-electron chi connectivity index (χ2n) is 6.90. The molecule has 0 amide bonds. The maximum atomic E-state index is 12.3. The van der Waals surface area contributed by atoms with E-state index in [1.165, 1.54) is 6.42 Å². The Morgan fingerprint density at radius 3 is 2.69 bits per heavy atom. The van der Waals surface area contributed by atoms with Crippen LogP contribution < -0.4 is 10.1 Å². The Morgan fingerprint density at radius 1 is 1.34 bits per heavy atom. The molecule has 1 aliphatic heterocycles. The predicted octanol–water partition coefficient (Wildman–Crippen LogP) is 3.41. The molecule has 1 aliphatic rings. The van der Waals surface area contributed by atoms with Crippen LogP contribution in [0.15, 0.2) is 29.3 Å². The minimum atomic E-state index is -2.81. The Hall–Kier alpha value is -1.20. The van der Waals surface area contributed by atoms with Gasteiger partial charge in [-0.05, 0) is 44.0 Å². The average molecular weight is 526 g/mol. The molecule has 1 aromatic carbocycles. The van der Waals surface area contributed by atoms with Crippen LogP contribution >= 0.6 is 24.0 Å². The number of methoxy groups -OCH3 is 1. The molecule has 1 fully saturated rings. The Labute approximate surface area is 189 Å². The van der Waals surface area contributed by atoms with Crippen molar-refractivity contribution in [3.05, 3.63) is 29.8 Å². The Kier molecular flexibility index (Phi) is 12.4. The minimum absolute atomic E-state index is 0. The van der Waals surface area contributed by atoms with Gasteiger partial charge in [-0.3, -0.25) is 9.89 Å². The van der Waals surface area contributed by atoms with E-state index in [2.05, 4.69) is 15.0 Å². The van der Waals surface area contributed by atoms with E-state index < -0.39 is 6.61 Å². The van der Waals surface area contributed by atoms with Crippen molar-refractivity contribution in [3.8, 4) is 5.75 Å². The summed E-state index contributed by atoms with van der Waals surface area (Å²) in [6.45, 7) is 4.17. The zero-order chi connectivity index (χ0) is 20.4. The molecule has 1 N–H and O–H groups in total. The first-order valence-electron chi connectivity index (χ1n) is 9.79. The standard InChI is InChI=1S/C20H32F2N4O2.HI/c1-4-23-20(24-14-17-6-5-11-26(17)12-13-27-3)25(2)15-16-7-9-18(10-8-16)28-19(21)22;/h7-10,17,19H,4-6,11-15H2,1-3H3,(H,23,24);1H. The largest absolute Gasteiger partial charge is 0.435 e. The van der Waals surface area contributed by atoms with Crippen molar-refractivity contribution >= 4 is 29.9 Å². The molecular weight excluding hydrogens is 493 g/mol. The lowest BCUT2D eigenvalue weighted by Gasteiger charge is -2.25. The maximum absolute atomic E-state index is 12.3. The van der Waals surface area contributed by atoms with Crippen molar-refractivity contribution in [3.63, 3.8) is 0 Å². The molecule has 166 valence electrons. The van der Waals surface area contributed by atoms with Crippen molar-refractivity contribution in [1.82, 2.24) is 15.1 Å². The van der Waals surface area contributed by atoms with E-state index in [1.807, 2.05) is 18.9 Å². The van der Waals surface area contributed by atoms with Gasteiger partial charge in [-0.1, -0.05) is 12.1 Å². The van der Waals surface area contributed by atoms with Gasteiger partial charge in [0.25, 0.3) is 0 Å². The number of likely N-dealkylation sites (tertiary alicyclic amines) is 1. The summed E-state index contributed by atoms with van der Waals surface area (Å²) in [6.07, 6.45) is 2.35. The third kappa shape index (κ3) is 9.00. The zero-order valence-corrected chi connectivity index (χ0v) is 19.8. The number of benzene rings is 1. The molecule has 0 bridgehead atoms. The van der Waals surface area contributed by atoms with Crippen LogP contribution in [0.2, 0.25) is 0 Å². The zero-order valence-electron chi connectivity index (χ0n) is 17.4. The van der Waals surface area contributed by atoms with Gasteiger partial charge in [0.05, 0.1) is 13.2 Å². The number of guanidine groups is 1. The fraction of sp³-hybridized carbons (Fsp3) is 0.650. The summed E-state index contributed by atoms with van der Waals surface area (Å²) in [5.41, 5.74) is 0.998. The number of hydrogen-bond donors (Lipinski definition) is 1. The topological polar surface area (TPSA) is 49.3 Å². The quantitative estimate of drug-likeness (QED) is 0.288. The third-order valence-corrected chi connectivity index (χ3v) is 4.80. The van der Waals surface area contributed by atoms with E-state index in [4.69, 9.17) is 9.73 Å². The van der Waals surface area contributed by atoms with Crippen LogP contribution in [0, 0.1) is 0 Å². The smallest absolute Gasteiger partial charge is 0.387 e. The summed E-state index contributed by atoms with van der Waals surface area (Å²) in [7, 11) is 3.70. The molecule has 0 aromatic heterocycles. The highest BCUT2D eigenvalue weighted by molar-refractivity contribution is 14.0. The highest BCUT2D eigenvalue weighted by Gasteiger charge is 2.24. The monoisotopic (exact) mass is 526 g/mol. The van der Waals surface area contributed by atoms with E-state index in [1.54, 1.807) is 31.4 Å².